The number of hydrogen-bond donors (Lipinski definition) is 1. The fourth-order valence-electron chi connectivity index (χ4n) is 2.42. The lowest BCUT2D eigenvalue weighted by atomic mass is 10.1. The molecule has 2 aromatic carbocycles. The Morgan fingerprint density at radius 1 is 0.909 bits per heavy atom. The lowest BCUT2D eigenvalue weighted by molar-refractivity contribution is 0.475. The lowest BCUT2D eigenvalue weighted by Gasteiger charge is -2.08. The molecule has 112 valence electrons. The monoisotopic (exact) mass is 312 g/mol. The first-order chi connectivity index (χ1) is 10.7. The first-order valence-corrected chi connectivity index (χ1v) is 7.61. The summed E-state index contributed by atoms with van der Waals surface area (Å²) in [5.74, 6) is 1.35. The van der Waals surface area contributed by atoms with Crippen LogP contribution >= 0.6 is 11.6 Å². The van der Waals surface area contributed by atoms with Crippen LogP contribution < -0.4 is 0 Å². The van der Waals surface area contributed by atoms with Crippen LogP contribution in [0.5, 0.6) is 5.75 Å². The summed E-state index contributed by atoms with van der Waals surface area (Å²) >= 11 is 5.90. The number of aromatic nitrogens is 2. The van der Waals surface area contributed by atoms with E-state index < -0.39 is 0 Å². The molecule has 0 aliphatic rings. The number of phenolic OH excluding ortho intramolecular Hbond substituents is 1. The van der Waals surface area contributed by atoms with Gasteiger partial charge in [0.05, 0.1) is 0 Å². The number of phenols is 1. The van der Waals surface area contributed by atoms with Gasteiger partial charge in [0.2, 0.25) is 0 Å². The van der Waals surface area contributed by atoms with Crippen LogP contribution in [0.15, 0.2) is 60.9 Å². The maximum Gasteiger partial charge on any atom is 0.115 e. The second-order valence-electron chi connectivity index (χ2n) is 5.26. The average Bonchev–Trinajstić information content (AvgIpc) is 2.96. The van der Waals surface area contributed by atoms with Crippen LogP contribution in [-0.4, -0.2) is 14.7 Å². The zero-order chi connectivity index (χ0) is 15.4. The summed E-state index contributed by atoms with van der Waals surface area (Å²) in [6.07, 6.45) is 5.64. The Balaban J connectivity index is 1.66. The first kappa shape index (κ1) is 14.7. The Kier molecular flexibility index (Phi) is 4.45. The Morgan fingerprint density at radius 2 is 1.59 bits per heavy atom. The van der Waals surface area contributed by atoms with Crippen molar-refractivity contribution in [2.45, 2.75) is 19.4 Å². The van der Waals surface area contributed by atoms with Gasteiger partial charge in [-0.15, -0.1) is 0 Å². The Hall–Kier alpha value is -2.26. The Bertz CT molecular complexity index is 733. The summed E-state index contributed by atoms with van der Waals surface area (Å²) in [4.78, 5) is 4.45. The topological polar surface area (TPSA) is 38.0 Å². The predicted molar refractivity (Wildman–Crippen MR) is 88.3 cm³/mol. The SMILES string of the molecule is Oc1ccc(Cn2ccnc2CCc2ccc(Cl)cc2)cc1. The third-order valence-corrected chi connectivity index (χ3v) is 3.89. The molecule has 3 aromatic rings. The number of hydrogen-bond acceptors (Lipinski definition) is 2. The van der Waals surface area contributed by atoms with E-state index in [-0.39, 0.29) is 5.75 Å². The highest BCUT2D eigenvalue weighted by Crippen LogP contribution is 2.14. The minimum Gasteiger partial charge on any atom is -0.508 e. The fraction of sp³-hybridized carbons (Fsp3) is 0.167. The van der Waals surface area contributed by atoms with Crippen molar-refractivity contribution in [1.29, 1.82) is 0 Å². The van der Waals surface area contributed by atoms with Crippen molar-refractivity contribution < 1.29 is 5.11 Å². The van der Waals surface area contributed by atoms with Gasteiger partial charge in [-0.25, -0.2) is 4.98 Å². The molecule has 0 spiro atoms. The maximum absolute atomic E-state index is 9.34. The van der Waals surface area contributed by atoms with E-state index in [0.717, 1.165) is 35.8 Å². The van der Waals surface area contributed by atoms with E-state index in [1.54, 1.807) is 12.1 Å². The van der Waals surface area contributed by atoms with Crippen LogP contribution in [0.3, 0.4) is 0 Å². The number of aryl methyl sites for hydroxylation is 2. The molecule has 1 N–H and O–H groups in total. The van der Waals surface area contributed by atoms with Gasteiger partial charge in [-0.05, 0) is 41.8 Å². The van der Waals surface area contributed by atoms with Crippen molar-refractivity contribution in [1.82, 2.24) is 9.55 Å². The van der Waals surface area contributed by atoms with Gasteiger partial charge in [0.25, 0.3) is 0 Å². The third kappa shape index (κ3) is 3.68. The molecule has 3 nitrogen and oxygen atoms in total. The smallest absolute Gasteiger partial charge is 0.115 e. The molecule has 0 aliphatic heterocycles. The molecule has 0 bridgehead atoms. The van der Waals surface area contributed by atoms with Crippen LogP contribution in [0.25, 0.3) is 0 Å². The molecule has 1 aromatic heterocycles. The Morgan fingerprint density at radius 3 is 2.32 bits per heavy atom. The number of imidazole rings is 1. The molecule has 4 heteroatoms. The summed E-state index contributed by atoms with van der Waals surface area (Å²) in [7, 11) is 0. The summed E-state index contributed by atoms with van der Waals surface area (Å²) < 4.78 is 2.14. The summed E-state index contributed by atoms with van der Waals surface area (Å²) in [5.41, 5.74) is 2.40. The van der Waals surface area contributed by atoms with Gasteiger partial charge in [-0.1, -0.05) is 35.9 Å². The second kappa shape index (κ2) is 6.67. The zero-order valence-electron chi connectivity index (χ0n) is 12.1. The molecule has 0 saturated carbocycles. The quantitative estimate of drug-likeness (QED) is 0.771. The van der Waals surface area contributed by atoms with E-state index >= 15 is 0 Å². The highest BCUT2D eigenvalue weighted by Gasteiger charge is 2.05. The number of aromatic hydroxyl groups is 1. The predicted octanol–water partition coefficient (Wildman–Crippen LogP) is 4.08. The summed E-state index contributed by atoms with van der Waals surface area (Å²) in [5, 5.41) is 10.1. The van der Waals surface area contributed by atoms with Gasteiger partial charge in [-0.3, -0.25) is 0 Å². The van der Waals surface area contributed by atoms with Crippen LogP contribution in [-0.2, 0) is 19.4 Å². The minimum atomic E-state index is 0.289. The van der Waals surface area contributed by atoms with Crippen LogP contribution in [0.4, 0.5) is 0 Å². The molecule has 1 heterocycles. The second-order valence-corrected chi connectivity index (χ2v) is 5.70. The molecule has 3 rings (SSSR count). The number of rotatable bonds is 5. The Labute approximate surface area is 134 Å². The lowest BCUT2D eigenvalue weighted by Crippen LogP contribution is -2.05. The molecule has 0 saturated heterocycles. The maximum atomic E-state index is 9.34. The highest BCUT2D eigenvalue weighted by atomic mass is 35.5. The van der Waals surface area contributed by atoms with Crippen LogP contribution in [0.1, 0.15) is 17.0 Å². The molecule has 0 fully saturated rings. The van der Waals surface area contributed by atoms with Crippen molar-refractivity contribution in [3.8, 4) is 5.75 Å². The highest BCUT2D eigenvalue weighted by molar-refractivity contribution is 6.30. The van der Waals surface area contributed by atoms with Gasteiger partial charge < -0.3 is 9.67 Å². The van der Waals surface area contributed by atoms with Crippen LogP contribution in [0.2, 0.25) is 5.02 Å². The fourth-order valence-corrected chi connectivity index (χ4v) is 2.54. The van der Waals surface area contributed by atoms with Crippen LogP contribution in [0, 0.1) is 0 Å². The van der Waals surface area contributed by atoms with Crippen molar-refractivity contribution in [3.63, 3.8) is 0 Å². The van der Waals surface area contributed by atoms with E-state index in [9.17, 15) is 5.11 Å². The number of benzene rings is 2. The standard InChI is InChI=1S/C18H17ClN2O/c19-16-6-1-14(2-7-16)5-10-18-20-11-12-21(18)13-15-3-8-17(22)9-4-15/h1-4,6-9,11-12,22H,5,10,13H2. The molecule has 0 radical (unpaired) electrons. The number of halogens is 1. The molecule has 22 heavy (non-hydrogen) atoms. The molecule has 0 atom stereocenters. The van der Waals surface area contributed by atoms with E-state index in [1.165, 1.54) is 5.56 Å². The first-order valence-electron chi connectivity index (χ1n) is 7.23. The van der Waals surface area contributed by atoms with Gasteiger partial charge in [0, 0.05) is 30.4 Å². The van der Waals surface area contributed by atoms with Crippen molar-refractivity contribution in [2.24, 2.45) is 0 Å². The van der Waals surface area contributed by atoms with Gasteiger partial charge in [-0.2, -0.15) is 0 Å². The van der Waals surface area contributed by atoms with Gasteiger partial charge >= 0.3 is 0 Å². The third-order valence-electron chi connectivity index (χ3n) is 3.64. The largest absolute Gasteiger partial charge is 0.508 e. The van der Waals surface area contributed by atoms with Gasteiger partial charge in [0.15, 0.2) is 0 Å². The van der Waals surface area contributed by atoms with E-state index in [0.29, 0.717) is 0 Å². The van der Waals surface area contributed by atoms with Crippen molar-refractivity contribution in [3.05, 3.63) is 82.9 Å². The van der Waals surface area contributed by atoms with E-state index in [1.807, 2.05) is 36.7 Å². The normalized spacial score (nSPS) is 10.8. The summed E-state index contributed by atoms with van der Waals surface area (Å²) in [6.45, 7) is 0.760. The molecule has 0 amide bonds. The zero-order valence-corrected chi connectivity index (χ0v) is 12.9. The van der Waals surface area contributed by atoms with E-state index in [2.05, 4.69) is 21.7 Å². The molecule has 0 aliphatic carbocycles. The van der Waals surface area contributed by atoms with E-state index in [4.69, 9.17) is 11.6 Å². The van der Waals surface area contributed by atoms with Crippen molar-refractivity contribution in [2.75, 3.05) is 0 Å². The molecule has 0 unspecified atom stereocenters. The number of nitrogens with zero attached hydrogens (tertiary/aromatic N) is 2. The average molecular weight is 313 g/mol. The van der Waals surface area contributed by atoms with Gasteiger partial charge in [0.1, 0.15) is 11.6 Å². The minimum absolute atomic E-state index is 0.289. The van der Waals surface area contributed by atoms with Crippen molar-refractivity contribution >= 4 is 11.6 Å². The summed E-state index contributed by atoms with van der Waals surface area (Å²) in [6, 6.07) is 15.2. The molecular weight excluding hydrogens is 296 g/mol. The molecular formula is C18H17ClN2O.